The Morgan fingerprint density at radius 3 is 2.26 bits per heavy atom. The van der Waals surface area contributed by atoms with Crippen molar-refractivity contribution in [2.75, 3.05) is 46.7 Å². The van der Waals surface area contributed by atoms with Crippen molar-refractivity contribution >= 4 is 39.1 Å². The van der Waals surface area contributed by atoms with E-state index in [-0.39, 0.29) is 18.7 Å². The first kappa shape index (κ1) is 27.5. The van der Waals surface area contributed by atoms with E-state index < -0.39 is 21.3 Å². The Balaban J connectivity index is 1.83. The van der Waals surface area contributed by atoms with Gasteiger partial charge < -0.3 is 18.8 Å². The zero-order chi connectivity index (χ0) is 25.8. The molecule has 35 heavy (non-hydrogen) atoms. The van der Waals surface area contributed by atoms with Crippen LogP contribution in [0.4, 0.5) is 0 Å². The molecule has 1 aliphatic heterocycles. The Morgan fingerprint density at radius 2 is 1.71 bits per heavy atom. The topological polar surface area (TPSA) is 105 Å². The van der Waals surface area contributed by atoms with E-state index in [1.54, 1.807) is 24.3 Å². The molecule has 0 amide bonds. The van der Waals surface area contributed by atoms with Gasteiger partial charge in [-0.25, -0.2) is 8.42 Å². The molecule has 1 saturated heterocycles. The van der Waals surface area contributed by atoms with Crippen molar-refractivity contribution < 1.29 is 32.0 Å². The molecule has 8 nitrogen and oxygen atoms in total. The number of ketones is 1. The summed E-state index contributed by atoms with van der Waals surface area (Å²) < 4.78 is 49.6. The SMILES string of the molecule is COc1cc(C(=O)CN2CCC(CCCS(=O)(=O)[O-])(c3ccc(Cl)c(Cl)c3)C2)cc(OC)c1OC. The summed E-state index contributed by atoms with van der Waals surface area (Å²) in [6.07, 6.45) is 1.34. The van der Waals surface area contributed by atoms with Crippen LogP contribution in [-0.2, 0) is 15.5 Å². The zero-order valence-corrected chi connectivity index (χ0v) is 22.1. The van der Waals surface area contributed by atoms with Crippen molar-refractivity contribution in [3.05, 3.63) is 51.5 Å². The molecule has 1 heterocycles. The van der Waals surface area contributed by atoms with Gasteiger partial charge in [0, 0.05) is 23.3 Å². The van der Waals surface area contributed by atoms with Crippen molar-refractivity contribution in [2.45, 2.75) is 24.7 Å². The van der Waals surface area contributed by atoms with E-state index in [0.29, 0.717) is 58.8 Å². The smallest absolute Gasteiger partial charge is 0.203 e. The third kappa shape index (κ3) is 6.59. The minimum atomic E-state index is -4.33. The van der Waals surface area contributed by atoms with Crippen molar-refractivity contribution in [1.82, 2.24) is 4.90 Å². The highest BCUT2D eigenvalue weighted by Crippen LogP contribution is 2.42. The Kier molecular flexibility index (Phi) is 8.93. The molecular weight excluding hydrogens is 517 g/mol. The fourth-order valence-electron chi connectivity index (χ4n) is 4.63. The lowest BCUT2D eigenvalue weighted by Gasteiger charge is -2.31. The Labute approximate surface area is 215 Å². The minimum absolute atomic E-state index is 0.128. The van der Waals surface area contributed by atoms with Gasteiger partial charge in [-0.3, -0.25) is 9.69 Å². The minimum Gasteiger partial charge on any atom is -0.748 e. The number of Topliss-reactive ketones (excluding diaryl/α,β-unsaturated/α-hetero) is 1. The van der Waals surface area contributed by atoms with Gasteiger partial charge in [0.25, 0.3) is 0 Å². The molecule has 2 aromatic rings. The number of carbonyl (C=O) groups is 1. The van der Waals surface area contributed by atoms with Crippen LogP contribution in [-0.4, -0.2) is 70.4 Å². The van der Waals surface area contributed by atoms with E-state index in [4.69, 9.17) is 37.4 Å². The predicted octanol–water partition coefficient (Wildman–Crippen LogP) is 4.17. The monoisotopic (exact) mass is 544 g/mol. The number of benzene rings is 2. The van der Waals surface area contributed by atoms with Crippen LogP contribution >= 0.6 is 23.2 Å². The van der Waals surface area contributed by atoms with Crippen molar-refractivity contribution in [2.24, 2.45) is 0 Å². The maximum Gasteiger partial charge on any atom is 0.203 e. The van der Waals surface area contributed by atoms with Crippen molar-refractivity contribution in [3.8, 4) is 17.2 Å². The second-order valence-electron chi connectivity index (χ2n) is 8.57. The van der Waals surface area contributed by atoms with Gasteiger partial charge in [0.15, 0.2) is 17.3 Å². The average Bonchev–Trinajstić information content (AvgIpc) is 3.22. The molecule has 0 N–H and O–H groups in total. The van der Waals surface area contributed by atoms with Crippen LogP contribution in [0.25, 0.3) is 0 Å². The van der Waals surface area contributed by atoms with Crippen LogP contribution in [0.15, 0.2) is 30.3 Å². The molecule has 0 radical (unpaired) electrons. The fourth-order valence-corrected chi connectivity index (χ4v) is 5.42. The summed E-state index contributed by atoms with van der Waals surface area (Å²) in [5, 5.41) is 0.812. The third-order valence-electron chi connectivity index (χ3n) is 6.37. The van der Waals surface area contributed by atoms with E-state index in [1.807, 2.05) is 11.0 Å². The molecule has 1 aliphatic rings. The maximum atomic E-state index is 13.2. The summed E-state index contributed by atoms with van der Waals surface area (Å²) in [5.74, 6) is 0.609. The largest absolute Gasteiger partial charge is 0.748 e. The highest BCUT2D eigenvalue weighted by Gasteiger charge is 2.40. The van der Waals surface area contributed by atoms with Gasteiger partial charge in [-0.15, -0.1) is 0 Å². The van der Waals surface area contributed by atoms with Crippen molar-refractivity contribution in [1.29, 1.82) is 0 Å². The van der Waals surface area contributed by atoms with Gasteiger partial charge in [-0.05, 0) is 55.6 Å². The molecule has 192 valence electrons. The first-order valence-electron chi connectivity index (χ1n) is 11.0. The molecule has 0 saturated carbocycles. The van der Waals surface area contributed by atoms with Crippen LogP contribution in [0.5, 0.6) is 17.2 Å². The third-order valence-corrected chi connectivity index (χ3v) is 7.90. The average molecular weight is 545 g/mol. The normalized spacial score (nSPS) is 18.5. The predicted molar refractivity (Wildman–Crippen MR) is 133 cm³/mol. The second kappa shape index (κ2) is 11.3. The lowest BCUT2D eigenvalue weighted by atomic mass is 9.76. The zero-order valence-electron chi connectivity index (χ0n) is 19.8. The number of likely N-dealkylation sites (tertiary alicyclic amines) is 1. The summed E-state index contributed by atoms with van der Waals surface area (Å²) in [7, 11) is 0.138. The molecule has 1 atom stereocenters. The number of halogens is 2. The molecule has 0 bridgehead atoms. The quantitative estimate of drug-likeness (QED) is 0.306. The second-order valence-corrected chi connectivity index (χ2v) is 10.9. The number of carbonyl (C=O) groups excluding carboxylic acids is 1. The van der Waals surface area contributed by atoms with Gasteiger partial charge in [0.2, 0.25) is 5.75 Å². The number of methoxy groups -OCH3 is 3. The Morgan fingerprint density at radius 1 is 1.06 bits per heavy atom. The van der Waals surface area contributed by atoms with E-state index in [2.05, 4.69) is 0 Å². The molecule has 11 heteroatoms. The lowest BCUT2D eigenvalue weighted by Crippen LogP contribution is -2.34. The maximum absolute atomic E-state index is 13.2. The lowest BCUT2D eigenvalue weighted by molar-refractivity contribution is 0.0940. The first-order chi connectivity index (χ1) is 16.5. The van der Waals surface area contributed by atoms with Gasteiger partial charge in [-0.2, -0.15) is 0 Å². The van der Waals surface area contributed by atoms with Crippen LogP contribution in [0.2, 0.25) is 10.0 Å². The van der Waals surface area contributed by atoms with E-state index in [1.165, 1.54) is 21.3 Å². The van der Waals surface area contributed by atoms with Crippen molar-refractivity contribution in [3.63, 3.8) is 0 Å². The molecule has 0 aliphatic carbocycles. The Hall–Kier alpha value is -2.04. The molecule has 1 unspecified atom stereocenters. The standard InChI is InChI=1S/C24H29Cl2NO7S/c1-32-21-11-16(12-22(33-2)23(21)34-3)20(28)14-27-9-8-24(15-27,7-4-10-35(29,30)31)17-5-6-18(25)19(26)13-17/h5-6,11-13H,4,7-10,14-15H2,1-3H3,(H,29,30,31)/p-1. The number of rotatable bonds is 11. The van der Waals surface area contributed by atoms with E-state index >= 15 is 0 Å². The molecule has 0 aromatic heterocycles. The molecule has 0 spiro atoms. The molecular formula is C24H28Cl2NO7S-. The van der Waals surface area contributed by atoms with Gasteiger partial charge in [0.05, 0.1) is 48.0 Å². The van der Waals surface area contributed by atoms with Gasteiger partial charge >= 0.3 is 0 Å². The van der Waals surface area contributed by atoms with Crippen LogP contribution < -0.4 is 14.2 Å². The summed E-state index contributed by atoms with van der Waals surface area (Å²) in [5.41, 5.74) is 0.857. The summed E-state index contributed by atoms with van der Waals surface area (Å²) >= 11 is 12.4. The first-order valence-corrected chi connectivity index (χ1v) is 13.3. The fraction of sp³-hybridized carbons (Fsp3) is 0.458. The van der Waals surface area contributed by atoms with Crippen LogP contribution in [0.3, 0.4) is 0 Å². The number of hydrogen-bond acceptors (Lipinski definition) is 8. The number of nitrogens with zero attached hydrogens (tertiary/aromatic N) is 1. The summed E-state index contributed by atoms with van der Waals surface area (Å²) in [6.45, 7) is 1.25. The highest BCUT2D eigenvalue weighted by molar-refractivity contribution is 7.85. The molecule has 2 aromatic carbocycles. The molecule has 1 fully saturated rings. The highest BCUT2D eigenvalue weighted by atomic mass is 35.5. The summed E-state index contributed by atoms with van der Waals surface area (Å²) in [4.78, 5) is 15.2. The number of hydrogen-bond donors (Lipinski definition) is 0. The summed E-state index contributed by atoms with van der Waals surface area (Å²) in [6, 6.07) is 8.58. The van der Waals surface area contributed by atoms with Crippen LogP contribution in [0.1, 0.15) is 35.2 Å². The number of ether oxygens (including phenoxy) is 3. The van der Waals surface area contributed by atoms with E-state index in [9.17, 15) is 17.8 Å². The van der Waals surface area contributed by atoms with Gasteiger partial charge in [-0.1, -0.05) is 29.3 Å². The van der Waals surface area contributed by atoms with Gasteiger partial charge in [0.1, 0.15) is 0 Å². The molecule has 3 rings (SSSR count). The Bertz CT molecular complexity index is 1160. The van der Waals surface area contributed by atoms with Crippen LogP contribution in [0, 0.1) is 0 Å². The van der Waals surface area contributed by atoms with E-state index in [0.717, 1.165) is 5.56 Å².